The Morgan fingerprint density at radius 2 is 1.79 bits per heavy atom. The van der Waals surface area contributed by atoms with Crippen LogP contribution in [0, 0.1) is 0 Å². The van der Waals surface area contributed by atoms with Crippen molar-refractivity contribution in [3.63, 3.8) is 0 Å². The zero-order chi connectivity index (χ0) is 19.9. The first kappa shape index (κ1) is 19.7. The number of ether oxygens (including phenoxy) is 2. The lowest BCUT2D eigenvalue weighted by Gasteiger charge is -2.35. The monoisotopic (exact) mass is 395 g/mol. The maximum atomic E-state index is 12.6. The van der Waals surface area contributed by atoms with E-state index in [0.29, 0.717) is 12.7 Å². The van der Waals surface area contributed by atoms with E-state index in [0.717, 1.165) is 62.8 Å². The van der Waals surface area contributed by atoms with E-state index in [4.69, 9.17) is 9.47 Å². The predicted octanol–water partition coefficient (Wildman–Crippen LogP) is 3.59. The molecule has 0 aromatic heterocycles. The minimum absolute atomic E-state index is 0.0419. The molecule has 2 heterocycles. The maximum Gasteiger partial charge on any atom is 0.321 e. The van der Waals surface area contributed by atoms with Crippen LogP contribution in [0.15, 0.2) is 54.6 Å². The second-order valence-corrected chi connectivity index (χ2v) is 7.65. The van der Waals surface area contributed by atoms with E-state index in [1.807, 2.05) is 59.5 Å². The summed E-state index contributed by atoms with van der Waals surface area (Å²) >= 11 is 0. The van der Waals surface area contributed by atoms with Crippen molar-refractivity contribution >= 4 is 11.7 Å². The van der Waals surface area contributed by atoms with E-state index < -0.39 is 0 Å². The van der Waals surface area contributed by atoms with E-state index in [1.165, 1.54) is 6.42 Å². The third-order valence-corrected chi connectivity index (χ3v) is 5.50. The van der Waals surface area contributed by atoms with Gasteiger partial charge < -0.3 is 19.7 Å². The highest BCUT2D eigenvalue weighted by atomic mass is 16.5. The number of nitrogens with zero attached hydrogens (tertiary/aromatic N) is 2. The summed E-state index contributed by atoms with van der Waals surface area (Å²) in [6.07, 6.45) is 2.70. The fraction of sp³-hybridized carbons (Fsp3) is 0.435. The SMILES string of the molecule is O=C(Nc1ccc(OCc2ccccc2)cc1)N1CCN(CC2CCCO2)CC1. The Labute approximate surface area is 172 Å². The molecule has 2 aromatic rings. The highest BCUT2D eigenvalue weighted by Crippen LogP contribution is 2.18. The topological polar surface area (TPSA) is 54.0 Å². The molecule has 29 heavy (non-hydrogen) atoms. The summed E-state index contributed by atoms with van der Waals surface area (Å²) in [5.41, 5.74) is 1.91. The van der Waals surface area contributed by atoms with Crippen molar-refractivity contribution in [2.45, 2.75) is 25.6 Å². The number of carbonyl (C=O) groups excluding carboxylic acids is 1. The lowest BCUT2D eigenvalue weighted by Crippen LogP contribution is -2.51. The van der Waals surface area contributed by atoms with Gasteiger partial charge in [0.25, 0.3) is 0 Å². The number of hydrogen-bond donors (Lipinski definition) is 1. The van der Waals surface area contributed by atoms with E-state index >= 15 is 0 Å². The van der Waals surface area contributed by atoms with Crippen LogP contribution in [0.4, 0.5) is 10.5 Å². The molecule has 0 aliphatic carbocycles. The zero-order valence-corrected chi connectivity index (χ0v) is 16.8. The molecule has 2 fully saturated rings. The largest absolute Gasteiger partial charge is 0.489 e. The van der Waals surface area contributed by atoms with E-state index in [1.54, 1.807) is 0 Å². The number of amides is 2. The van der Waals surface area contributed by atoms with Crippen molar-refractivity contribution in [3.8, 4) is 5.75 Å². The number of carbonyl (C=O) groups is 1. The first-order chi connectivity index (χ1) is 14.3. The molecule has 6 heteroatoms. The Bertz CT molecular complexity index is 768. The predicted molar refractivity (Wildman–Crippen MR) is 113 cm³/mol. The van der Waals surface area contributed by atoms with Gasteiger partial charge in [-0.1, -0.05) is 30.3 Å². The number of benzene rings is 2. The molecule has 2 aliphatic rings. The molecule has 1 atom stereocenters. The van der Waals surface area contributed by atoms with Crippen molar-refractivity contribution < 1.29 is 14.3 Å². The van der Waals surface area contributed by atoms with Crippen molar-refractivity contribution in [3.05, 3.63) is 60.2 Å². The summed E-state index contributed by atoms with van der Waals surface area (Å²) in [4.78, 5) is 16.8. The highest BCUT2D eigenvalue weighted by molar-refractivity contribution is 5.89. The number of nitrogens with one attached hydrogen (secondary N) is 1. The van der Waals surface area contributed by atoms with Crippen LogP contribution in [0.2, 0.25) is 0 Å². The smallest absolute Gasteiger partial charge is 0.321 e. The Balaban J connectivity index is 1.20. The van der Waals surface area contributed by atoms with Gasteiger partial charge in [-0.05, 0) is 42.7 Å². The maximum absolute atomic E-state index is 12.6. The van der Waals surface area contributed by atoms with E-state index in [2.05, 4.69) is 10.2 Å². The van der Waals surface area contributed by atoms with Crippen molar-refractivity contribution in [2.75, 3.05) is 44.6 Å². The molecular weight excluding hydrogens is 366 g/mol. The Kier molecular flexibility index (Phi) is 6.64. The van der Waals surface area contributed by atoms with Crippen LogP contribution < -0.4 is 10.1 Å². The molecule has 0 radical (unpaired) electrons. The first-order valence-electron chi connectivity index (χ1n) is 10.4. The Hall–Kier alpha value is -2.57. The highest BCUT2D eigenvalue weighted by Gasteiger charge is 2.24. The lowest BCUT2D eigenvalue weighted by atomic mass is 10.2. The molecule has 2 aliphatic heterocycles. The van der Waals surface area contributed by atoms with Gasteiger partial charge in [0.2, 0.25) is 0 Å². The summed E-state index contributed by atoms with van der Waals surface area (Å²) in [5.74, 6) is 0.787. The average Bonchev–Trinajstić information content (AvgIpc) is 3.27. The molecule has 0 saturated carbocycles. The summed E-state index contributed by atoms with van der Waals surface area (Å²) in [6, 6.07) is 17.6. The fourth-order valence-corrected chi connectivity index (χ4v) is 3.79. The quantitative estimate of drug-likeness (QED) is 0.812. The molecule has 0 spiro atoms. The second-order valence-electron chi connectivity index (χ2n) is 7.65. The van der Waals surface area contributed by atoms with Gasteiger partial charge in [0.15, 0.2) is 0 Å². The van der Waals surface area contributed by atoms with Crippen molar-refractivity contribution in [1.82, 2.24) is 9.80 Å². The summed E-state index contributed by atoms with van der Waals surface area (Å²) in [7, 11) is 0. The molecule has 0 bridgehead atoms. The number of urea groups is 1. The van der Waals surface area contributed by atoms with Crippen molar-refractivity contribution in [1.29, 1.82) is 0 Å². The third kappa shape index (κ3) is 5.71. The van der Waals surface area contributed by atoms with Crippen LogP contribution >= 0.6 is 0 Å². The van der Waals surface area contributed by atoms with Gasteiger partial charge in [0, 0.05) is 45.0 Å². The standard InChI is InChI=1S/C23H29N3O3/c27-23(26-14-12-25(13-15-26)17-22-7-4-16-28-22)24-20-8-10-21(11-9-20)29-18-19-5-2-1-3-6-19/h1-3,5-6,8-11,22H,4,7,12-18H2,(H,24,27). The van der Waals surface area contributed by atoms with Gasteiger partial charge in [0.05, 0.1) is 6.10 Å². The number of anilines is 1. The van der Waals surface area contributed by atoms with Gasteiger partial charge in [-0.25, -0.2) is 4.79 Å². The molecule has 6 nitrogen and oxygen atoms in total. The van der Waals surface area contributed by atoms with Crippen LogP contribution in [-0.4, -0.2) is 61.3 Å². The summed E-state index contributed by atoms with van der Waals surface area (Å²) < 4.78 is 11.5. The summed E-state index contributed by atoms with van der Waals surface area (Å²) in [5, 5.41) is 2.99. The third-order valence-electron chi connectivity index (χ3n) is 5.50. The first-order valence-corrected chi connectivity index (χ1v) is 10.4. The van der Waals surface area contributed by atoms with Gasteiger partial charge in [0.1, 0.15) is 12.4 Å². The molecule has 4 rings (SSSR count). The lowest BCUT2D eigenvalue weighted by molar-refractivity contribution is 0.0572. The van der Waals surface area contributed by atoms with Crippen molar-refractivity contribution in [2.24, 2.45) is 0 Å². The average molecular weight is 396 g/mol. The molecule has 1 N–H and O–H groups in total. The van der Waals surface area contributed by atoms with Gasteiger partial charge in [-0.15, -0.1) is 0 Å². The van der Waals surface area contributed by atoms with Crippen LogP contribution in [0.25, 0.3) is 0 Å². The molecule has 2 amide bonds. The van der Waals surface area contributed by atoms with E-state index in [-0.39, 0.29) is 6.03 Å². The number of hydrogen-bond acceptors (Lipinski definition) is 4. The van der Waals surface area contributed by atoms with E-state index in [9.17, 15) is 4.79 Å². The minimum atomic E-state index is -0.0419. The molecule has 2 aromatic carbocycles. The molecule has 154 valence electrons. The number of piperazine rings is 1. The van der Waals surface area contributed by atoms with Crippen LogP contribution in [0.5, 0.6) is 5.75 Å². The normalized spacial score (nSPS) is 19.9. The summed E-state index contributed by atoms with van der Waals surface area (Å²) in [6.45, 7) is 5.71. The molecule has 1 unspecified atom stereocenters. The number of rotatable bonds is 6. The van der Waals surface area contributed by atoms with Gasteiger partial charge in [-0.3, -0.25) is 4.90 Å². The second kappa shape index (κ2) is 9.76. The Morgan fingerprint density at radius 3 is 2.48 bits per heavy atom. The Morgan fingerprint density at radius 1 is 1.03 bits per heavy atom. The van der Waals surface area contributed by atoms with Crippen LogP contribution in [0.1, 0.15) is 18.4 Å². The van der Waals surface area contributed by atoms with Crippen LogP contribution in [-0.2, 0) is 11.3 Å². The minimum Gasteiger partial charge on any atom is -0.489 e. The fourth-order valence-electron chi connectivity index (χ4n) is 3.79. The van der Waals surface area contributed by atoms with Gasteiger partial charge >= 0.3 is 6.03 Å². The zero-order valence-electron chi connectivity index (χ0n) is 16.8. The molecule has 2 saturated heterocycles. The molecular formula is C23H29N3O3. The van der Waals surface area contributed by atoms with Crippen LogP contribution in [0.3, 0.4) is 0 Å². The van der Waals surface area contributed by atoms with Gasteiger partial charge in [-0.2, -0.15) is 0 Å².